The smallest absolute Gasteiger partial charge is 0.0922 e. The molecule has 3 aromatic rings. The van der Waals surface area contributed by atoms with E-state index in [4.69, 9.17) is 0 Å². The molecule has 0 unspecified atom stereocenters. The lowest BCUT2D eigenvalue weighted by atomic mass is 9.84. The molecule has 4 nitrogen and oxygen atoms in total. The minimum Gasteiger partial charge on any atom is -0.385 e. The first kappa shape index (κ1) is 16.1. The minimum absolute atomic E-state index is 0.723. The first-order valence-corrected chi connectivity index (χ1v) is 8.81. The number of hydrogen-bond acceptors (Lipinski definition) is 3. The van der Waals surface area contributed by atoms with Crippen LogP contribution in [0.15, 0.2) is 67.1 Å². The number of imidazole rings is 1. The van der Waals surface area contributed by atoms with Crippen molar-refractivity contribution in [3.8, 4) is 11.1 Å². The van der Waals surface area contributed by atoms with Crippen LogP contribution in [0.1, 0.15) is 24.1 Å². The number of hydrogen-bond donors (Lipinski definition) is 2. The Bertz CT molecular complexity index is 789. The van der Waals surface area contributed by atoms with E-state index < -0.39 is 5.60 Å². The Morgan fingerprint density at radius 3 is 2.28 bits per heavy atom. The largest absolute Gasteiger partial charge is 0.385 e. The van der Waals surface area contributed by atoms with Crippen molar-refractivity contribution < 1.29 is 5.11 Å². The van der Waals surface area contributed by atoms with Crippen molar-refractivity contribution in [2.75, 3.05) is 13.1 Å². The molecule has 0 amide bonds. The van der Waals surface area contributed by atoms with E-state index >= 15 is 0 Å². The topological polar surface area (TPSA) is 52.1 Å². The lowest BCUT2D eigenvalue weighted by molar-refractivity contribution is -0.0279. The Balaban J connectivity index is 1.43. The number of aromatic amines is 1. The van der Waals surface area contributed by atoms with Crippen LogP contribution in [0.4, 0.5) is 0 Å². The maximum Gasteiger partial charge on any atom is 0.0922 e. The fourth-order valence-corrected chi connectivity index (χ4v) is 3.59. The van der Waals surface area contributed by atoms with E-state index in [0.29, 0.717) is 0 Å². The predicted octanol–water partition coefficient (Wildman–Crippen LogP) is 3.56. The Labute approximate surface area is 148 Å². The number of likely N-dealkylation sites (tertiary alicyclic amines) is 1. The second-order valence-corrected chi connectivity index (χ2v) is 6.83. The second-order valence-electron chi connectivity index (χ2n) is 6.83. The highest BCUT2D eigenvalue weighted by Gasteiger charge is 2.33. The van der Waals surface area contributed by atoms with Gasteiger partial charge in [-0.05, 0) is 29.5 Å². The number of H-pyrrole nitrogens is 1. The van der Waals surface area contributed by atoms with Crippen molar-refractivity contribution in [2.24, 2.45) is 0 Å². The second kappa shape index (κ2) is 6.82. The number of piperidine rings is 1. The predicted molar refractivity (Wildman–Crippen MR) is 98.9 cm³/mol. The average molecular weight is 333 g/mol. The van der Waals surface area contributed by atoms with Gasteiger partial charge < -0.3 is 10.1 Å². The van der Waals surface area contributed by atoms with Gasteiger partial charge in [0.2, 0.25) is 0 Å². The van der Waals surface area contributed by atoms with E-state index in [1.165, 1.54) is 11.1 Å². The van der Waals surface area contributed by atoms with Crippen LogP contribution in [0.5, 0.6) is 0 Å². The highest BCUT2D eigenvalue weighted by atomic mass is 16.3. The molecule has 1 aromatic heterocycles. The summed E-state index contributed by atoms with van der Waals surface area (Å²) in [7, 11) is 0. The van der Waals surface area contributed by atoms with Crippen molar-refractivity contribution in [3.05, 3.63) is 78.4 Å². The third-order valence-electron chi connectivity index (χ3n) is 5.16. The summed E-state index contributed by atoms with van der Waals surface area (Å²) >= 11 is 0. The molecule has 0 bridgehead atoms. The Kier molecular flexibility index (Phi) is 4.38. The first-order chi connectivity index (χ1) is 12.2. The molecule has 4 rings (SSSR count). The normalized spacial score (nSPS) is 17.5. The van der Waals surface area contributed by atoms with Crippen molar-refractivity contribution >= 4 is 0 Å². The van der Waals surface area contributed by atoms with Crippen LogP contribution in [-0.4, -0.2) is 33.1 Å². The molecule has 0 saturated carbocycles. The number of rotatable bonds is 4. The lowest BCUT2D eigenvalue weighted by Crippen LogP contribution is -2.42. The van der Waals surface area contributed by atoms with E-state index in [0.717, 1.165) is 43.7 Å². The summed E-state index contributed by atoms with van der Waals surface area (Å²) in [5.74, 6) is 0. The van der Waals surface area contributed by atoms with Crippen LogP contribution in [0.25, 0.3) is 11.1 Å². The fourth-order valence-electron chi connectivity index (χ4n) is 3.59. The fraction of sp³-hybridized carbons (Fsp3) is 0.286. The van der Waals surface area contributed by atoms with Gasteiger partial charge in [0.15, 0.2) is 0 Å². The zero-order chi connectivity index (χ0) is 17.1. The van der Waals surface area contributed by atoms with E-state index in [1.54, 1.807) is 6.33 Å². The molecule has 25 heavy (non-hydrogen) atoms. The Hall–Kier alpha value is -2.43. The van der Waals surface area contributed by atoms with Crippen molar-refractivity contribution in [1.29, 1.82) is 0 Å². The van der Waals surface area contributed by atoms with Crippen molar-refractivity contribution in [1.82, 2.24) is 14.9 Å². The number of nitrogens with zero attached hydrogens (tertiary/aromatic N) is 2. The summed E-state index contributed by atoms with van der Waals surface area (Å²) in [6.45, 7) is 2.63. The molecule has 1 aliphatic heterocycles. The quantitative estimate of drug-likeness (QED) is 0.767. The van der Waals surface area contributed by atoms with E-state index in [9.17, 15) is 5.11 Å². The standard InChI is InChI=1S/C21H23N3O/c25-21(10-12-24(13-11-21)15-20-14-22-16-23-20)19-8-6-18(7-9-19)17-4-2-1-3-5-17/h1-9,14,16,25H,10-13,15H2,(H,22,23). The highest BCUT2D eigenvalue weighted by Crippen LogP contribution is 2.34. The van der Waals surface area contributed by atoms with Crippen LogP contribution in [-0.2, 0) is 12.1 Å². The zero-order valence-electron chi connectivity index (χ0n) is 14.2. The van der Waals surface area contributed by atoms with Gasteiger partial charge in [0.05, 0.1) is 11.9 Å². The molecule has 4 heteroatoms. The molecular formula is C21H23N3O. The van der Waals surface area contributed by atoms with Crippen LogP contribution in [0.2, 0.25) is 0 Å². The van der Waals surface area contributed by atoms with Crippen LogP contribution in [0.3, 0.4) is 0 Å². The molecule has 2 heterocycles. The number of nitrogens with one attached hydrogen (secondary N) is 1. The average Bonchev–Trinajstić information content (AvgIpc) is 3.18. The highest BCUT2D eigenvalue weighted by molar-refractivity contribution is 5.63. The summed E-state index contributed by atoms with van der Waals surface area (Å²) in [4.78, 5) is 9.57. The first-order valence-electron chi connectivity index (χ1n) is 8.81. The maximum atomic E-state index is 11.1. The number of aliphatic hydroxyl groups is 1. The Morgan fingerprint density at radius 1 is 0.960 bits per heavy atom. The molecule has 0 radical (unpaired) electrons. The van der Waals surface area contributed by atoms with Crippen LogP contribution >= 0.6 is 0 Å². The van der Waals surface area contributed by atoms with Crippen molar-refractivity contribution in [2.45, 2.75) is 25.0 Å². The summed E-state index contributed by atoms with van der Waals surface area (Å²) in [6, 6.07) is 18.7. The minimum atomic E-state index is -0.723. The number of aromatic nitrogens is 2. The molecule has 1 fully saturated rings. The van der Waals surface area contributed by atoms with Gasteiger partial charge in [-0.2, -0.15) is 0 Å². The summed E-state index contributed by atoms with van der Waals surface area (Å²) in [5, 5.41) is 11.1. The molecule has 0 spiro atoms. The summed E-state index contributed by atoms with van der Waals surface area (Å²) < 4.78 is 0. The molecular weight excluding hydrogens is 310 g/mol. The van der Waals surface area contributed by atoms with Gasteiger partial charge in [0.25, 0.3) is 0 Å². The van der Waals surface area contributed by atoms with Crippen LogP contribution < -0.4 is 0 Å². The SMILES string of the molecule is OC1(c2ccc(-c3ccccc3)cc2)CCN(Cc2cnc[nH]2)CC1. The van der Waals surface area contributed by atoms with Gasteiger partial charge in [0.1, 0.15) is 0 Å². The van der Waals surface area contributed by atoms with Gasteiger partial charge in [-0.3, -0.25) is 4.90 Å². The van der Waals surface area contributed by atoms with Gasteiger partial charge >= 0.3 is 0 Å². The third-order valence-corrected chi connectivity index (χ3v) is 5.16. The molecule has 0 aliphatic carbocycles. The van der Waals surface area contributed by atoms with Gasteiger partial charge in [0, 0.05) is 31.5 Å². The van der Waals surface area contributed by atoms with E-state index in [-0.39, 0.29) is 0 Å². The monoisotopic (exact) mass is 333 g/mol. The summed E-state index contributed by atoms with van der Waals surface area (Å²) in [6.07, 6.45) is 5.09. The lowest BCUT2D eigenvalue weighted by Gasteiger charge is -2.38. The molecule has 1 saturated heterocycles. The molecule has 1 aliphatic rings. The summed E-state index contributed by atoms with van der Waals surface area (Å²) in [5.41, 5.74) is 3.81. The molecule has 0 atom stereocenters. The van der Waals surface area contributed by atoms with E-state index in [1.807, 2.05) is 24.4 Å². The molecule has 2 aromatic carbocycles. The van der Waals surface area contributed by atoms with Gasteiger partial charge in [-0.25, -0.2) is 4.98 Å². The van der Waals surface area contributed by atoms with E-state index in [2.05, 4.69) is 51.3 Å². The molecule has 128 valence electrons. The van der Waals surface area contributed by atoms with Crippen LogP contribution in [0, 0.1) is 0 Å². The number of benzene rings is 2. The zero-order valence-corrected chi connectivity index (χ0v) is 14.2. The van der Waals surface area contributed by atoms with Crippen molar-refractivity contribution in [3.63, 3.8) is 0 Å². The maximum absolute atomic E-state index is 11.1. The van der Waals surface area contributed by atoms with Gasteiger partial charge in [-0.15, -0.1) is 0 Å². The molecule has 2 N–H and O–H groups in total. The van der Waals surface area contributed by atoms with Gasteiger partial charge in [-0.1, -0.05) is 54.6 Å². The Morgan fingerprint density at radius 2 is 1.64 bits per heavy atom. The third kappa shape index (κ3) is 3.50.